The van der Waals surface area contributed by atoms with Gasteiger partial charge in [0.25, 0.3) is 0 Å². The van der Waals surface area contributed by atoms with E-state index in [1.54, 1.807) is 19.4 Å². The first kappa shape index (κ1) is 10.4. The molecule has 1 aliphatic rings. The van der Waals surface area contributed by atoms with Crippen LogP contribution in [0.3, 0.4) is 0 Å². The van der Waals surface area contributed by atoms with Gasteiger partial charge >= 0.3 is 0 Å². The Morgan fingerprint density at radius 1 is 1.53 bits per heavy atom. The molecule has 0 spiro atoms. The van der Waals surface area contributed by atoms with Crippen molar-refractivity contribution < 1.29 is 5.11 Å². The third-order valence-electron chi connectivity index (χ3n) is 3.30. The van der Waals surface area contributed by atoms with Crippen molar-refractivity contribution in [1.82, 2.24) is 20.0 Å². The zero-order chi connectivity index (χ0) is 11.8. The average Bonchev–Trinajstić information content (AvgIpc) is 2.94. The number of nitrogens with zero attached hydrogens (tertiary/aromatic N) is 4. The second-order valence-corrected chi connectivity index (χ2v) is 4.40. The molecule has 2 unspecified atom stereocenters. The molecule has 5 heteroatoms. The molecule has 0 aliphatic heterocycles. The summed E-state index contributed by atoms with van der Waals surface area (Å²) in [7, 11) is 1.75. The number of fused-ring (bicyclic) bond motifs is 1. The van der Waals surface area contributed by atoms with Gasteiger partial charge in [-0.1, -0.05) is 6.07 Å². The molecule has 2 atom stereocenters. The summed E-state index contributed by atoms with van der Waals surface area (Å²) in [6, 6.07) is 4.02. The summed E-state index contributed by atoms with van der Waals surface area (Å²) >= 11 is 0. The first-order chi connectivity index (χ1) is 8.25. The predicted octanol–water partition coefficient (Wildman–Crippen LogP) is 0.974. The molecule has 5 nitrogen and oxygen atoms in total. The topological polar surface area (TPSA) is 63.8 Å². The van der Waals surface area contributed by atoms with Crippen LogP contribution in [0.25, 0.3) is 0 Å². The van der Waals surface area contributed by atoms with E-state index in [0.29, 0.717) is 5.69 Å². The van der Waals surface area contributed by atoms with Crippen molar-refractivity contribution >= 4 is 0 Å². The lowest BCUT2D eigenvalue weighted by molar-refractivity contribution is 0.138. The fourth-order valence-electron chi connectivity index (χ4n) is 2.45. The monoisotopic (exact) mass is 230 g/mol. The zero-order valence-corrected chi connectivity index (χ0v) is 9.61. The van der Waals surface area contributed by atoms with Crippen LogP contribution in [0.5, 0.6) is 0 Å². The molecule has 2 heterocycles. The van der Waals surface area contributed by atoms with Crippen LogP contribution >= 0.6 is 0 Å². The summed E-state index contributed by atoms with van der Waals surface area (Å²) < 4.78 is 0. The van der Waals surface area contributed by atoms with Crippen molar-refractivity contribution in [3.05, 3.63) is 41.5 Å². The van der Waals surface area contributed by atoms with E-state index >= 15 is 0 Å². The predicted molar refractivity (Wildman–Crippen MR) is 61.3 cm³/mol. The number of hydrogen-bond donors (Lipinski definition) is 1. The lowest BCUT2D eigenvalue weighted by Crippen LogP contribution is -2.10. The highest BCUT2D eigenvalue weighted by Gasteiger charge is 2.32. The maximum absolute atomic E-state index is 10.3. The van der Waals surface area contributed by atoms with Crippen LogP contribution in [0.1, 0.15) is 35.4 Å². The Labute approximate surface area is 99.1 Å². The molecule has 0 radical (unpaired) electrons. The molecule has 0 bridgehead atoms. The van der Waals surface area contributed by atoms with Gasteiger partial charge in [-0.2, -0.15) is 15.0 Å². The van der Waals surface area contributed by atoms with Crippen LogP contribution in [0.2, 0.25) is 0 Å². The molecule has 0 fully saturated rings. The largest absolute Gasteiger partial charge is 0.386 e. The Morgan fingerprint density at radius 2 is 2.41 bits per heavy atom. The van der Waals surface area contributed by atoms with Gasteiger partial charge in [-0.25, -0.2) is 0 Å². The Bertz CT molecular complexity index is 537. The molecular weight excluding hydrogens is 216 g/mol. The summed E-state index contributed by atoms with van der Waals surface area (Å²) in [5.41, 5.74) is 2.86. The van der Waals surface area contributed by atoms with Crippen molar-refractivity contribution in [1.29, 1.82) is 0 Å². The van der Waals surface area contributed by atoms with Crippen LogP contribution in [0.15, 0.2) is 24.5 Å². The van der Waals surface area contributed by atoms with Gasteiger partial charge in [-0.15, -0.1) is 0 Å². The summed E-state index contributed by atoms with van der Waals surface area (Å²) in [5, 5.41) is 18.5. The van der Waals surface area contributed by atoms with Gasteiger partial charge in [0.2, 0.25) is 0 Å². The van der Waals surface area contributed by atoms with Crippen LogP contribution < -0.4 is 0 Å². The van der Waals surface area contributed by atoms with Crippen molar-refractivity contribution in [2.24, 2.45) is 7.05 Å². The molecule has 88 valence electrons. The van der Waals surface area contributed by atoms with E-state index in [1.165, 1.54) is 10.4 Å². The van der Waals surface area contributed by atoms with Crippen LogP contribution in [-0.4, -0.2) is 25.1 Å². The van der Waals surface area contributed by atoms with Crippen molar-refractivity contribution in [3.63, 3.8) is 0 Å². The molecule has 2 aromatic rings. The van der Waals surface area contributed by atoms with E-state index < -0.39 is 6.10 Å². The van der Waals surface area contributed by atoms with Crippen LogP contribution in [-0.2, 0) is 13.5 Å². The fourth-order valence-corrected chi connectivity index (χ4v) is 2.45. The minimum atomic E-state index is -0.611. The quantitative estimate of drug-likeness (QED) is 0.835. The fraction of sp³-hybridized carbons (Fsp3) is 0.417. The third kappa shape index (κ3) is 1.72. The van der Waals surface area contributed by atoms with Gasteiger partial charge in [0.05, 0.1) is 6.20 Å². The number of aliphatic hydroxyl groups excluding tert-OH is 1. The Morgan fingerprint density at radius 3 is 3.18 bits per heavy atom. The van der Waals surface area contributed by atoms with E-state index in [1.807, 2.05) is 6.07 Å². The third-order valence-corrected chi connectivity index (χ3v) is 3.30. The molecule has 2 aromatic heterocycles. The Kier molecular flexibility index (Phi) is 2.40. The summed E-state index contributed by atoms with van der Waals surface area (Å²) in [6.07, 6.45) is 4.68. The first-order valence-electron chi connectivity index (χ1n) is 5.74. The van der Waals surface area contributed by atoms with Crippen molar-refractivity contribution in [2.45, 2.75) is 24.9 Å². The van der Waals surface area contributed by atoms with Gasteiger partial charge in [0, 0.05) is 24.9 Å². The van der Waals surface area contributed by atoms with Crippen molar-refractivity contribution in [3.8, 4) is 0 Å². The molecule has 0 saturated carbocycles. The van der Waals surface area contributed by atoms with Gasteiger partial charge in [-0.05, 0) is 24.5 Å². The molecule has 17 heavy (non-hydrogen) atoms. The second kappa shape index (κ2) is 3.92. The molecule has 0 saturated heterocycles. The smallest absolute Gasteiger partial charge is 0.112 e. The normalized spacial score (nSPS) is 20.2. The highest BCUT2D eigenvalue weighted by atomic mass is 16.3. The van der Waals surface area contributed by atoms with Crippen LogP contribution in [0.4, 0.5) is 0 Å². The molecular formula is C12H14N4O. The number of pyridine rings is 1. The summed E-state index contributed by atoms with van der Waals surface area (Å²) in [5.74, 6) is 0.0444. The minimum Gasteiger partial charge on any atom is -0.386 e. The van der Waals surface area contributed by atoms with E-state index in [4.69, 9.17) is 0 Å². The zero-order valence-electron chi connectivity index (χ0n) is 9.61. The molecule has 1 N–H and O–H groups in total. The van der Waals surface area contributed by atoms with E-state index in [2.05, 4.69) is 21.2 Å². The standard InChI is InChI=1S/C12H14N4O/c1-16-14-7-10(15-16)12(17)9-5-4-8-3-2-6-13-11(8)9/h2-3,6-7,9,12,17H,4-5H2,1H3. The Balaban J connectivity index is 1.92. The number of hydrogen-bond acceptors (Lipinski definition) is 4. The lowest BCUT2D eigenvalue weighted by Gasteiger charge is -2.15. The second-order valence-electron chi connectivity index (χ2n) is 4.40. The highest BCUT2D eigenvalue weighted by molar-refractivity contribution is 5.30. The van der Waals surface area contributed by atoms with E-state index in [-0.39, 0.29) is 5.92 Å². The number of rotatable bonds is 2. The van der Waals surface area contributed by atoms with E-state index in [9.17, 15) is 5.11 Å². The maximum Gasteiger partial charge on any atom is 0.112 e. The maximum atomic E-state index is 10.3. The SMILES string of the molecule is Cn1ncc(C(O)C2CCc3cccnc32)n1. The van der Waals surface area contributed by atoms with Gasteiger partial charge in [-0.3, -0.25) is 4.98 Å². The summed E-state index contributed by atoms with van der Waals surface area (Å²) in [6.45, 7) is 0. The van der Waals surface area contributed by atoms with Gasteiger partial charge in [0.1, 0.15) is 11.8 Å². The van der Waals surface area contributed by atoms with E-state index in [0.717, 1.165) is 18.5 Å². The number of aromatic nitrogens is 4. The molecule has 3 rings (SSSR count). The van der Waals surface area contributed by atoms with Crippen LogP contribution in [0, 0.1) is 0 Å². The van der Waals surface area contributed by atoms with Gasteiger partial charge < -0.3 is 5.11 Å². The van der Waals surface area contributed by atoms with Crippen molar-refractivity contribution in [2.75, 3.05) is 0 Å². The lowest BCUT2D eigenvalue weighted by atomic mass is 9.97. The molecule has 1 aliphatic carbocycles. The summed E-state index contributed by atoms with van der Waals surface area (Å²) in [4.78, 5) is 5.84. The highest BCUT2D eigenvalue weighted by Crippen LogP contribution is 2.39. The molecule has 0 aromatic carbocycles. The van der Waals surface area contributed by atoms with Gasteiger partial charge in [0.15, 0.2) is 0 Å². The first-order valence-corrected chi connectivity index (χ1v) is 5.74. The Hall–Kier alpha value is -1.75. The number of aliphatic hydroxyl groups is 1. The average molecular weight is 230 g/mol. The minimum absolute atomic E-state index is 0.0444. The molecule has 0 amide bonds. The number of aryl methyl sites for hydroxylation is 2.